The van der Waals surface area contributed by atoms with Gasteiger partial charge in [0.05, 0.1) is 4.92 Å². The second kappa shape index (κ2) is 5.07. The number of nitrogens with two attached hydrogens (primary N) is 1. The molecule has 0 aromatic heterocycles. The minimum atomic E-state index is -0.360. The molecule has 0 aliphatic heterocycles. The van der Waals surface area contributed by atoms with Crippen LogP contribution in [0.15, 0.2) is 18.2 Å². The maximum absolute atomic E-state index is 10.6. The van der Waals surface area contributed by atoms with Crippen LogP contribution in [0.3, 0.4) is 0 Å². The van der Waals surface area contributed by atoms with Crippen LogP contribution < -0.4 is 5.73 Å². The molecular weight excluding hydrogens is 204 g/mol. The van der Waals surface area contributed by atoms with Crippen molar-refractivity contribution < 1.29 is 4.92 Å². The molecule has 4 heteroatoms. The van der Waals surface area contributed by atoms with Crippen molar-refractivity contribution in [1.29, 1.82) is 0 Å². The smallest absolute Gasteiger partial charge is 0.272 e. The van der Waals surface area contributed by atoms with Crippen LogP contribution in [0.1, 0.15) is 25.0 Å². The summed E-state index contributed by atoms with van der Waals surface area (Å²) in [7, 11) is 0. The average Bonchev–Trinajstić information content (AvgIpc) is 2.16. The van der Waals surface area contributed by atoms with Gasteiger partial charge < -0.3 is 5.73 Å². The number of hydrogen-bond acceptors (Lipinski definition) is 3. The van der Waals surface area contributed by atoms with Crippen LogP contribution >= 0.6 is 0 Å². The first-order valence-corrected chi connectivity index (χ1v) is 5.41. The van der Waals surface area contributed by atoms with Crippen molar-refractivity contribution in [3.8, 4) is 0 Å². The van der Waals surface area contributed by atoms with E-state index < -0.39 is 0 Å². The second-order valence-corrected chi connectivity index (χ2v) is 4.49. The Morgan fingerprint density at radius 2 is 2.06 bits per heavy atom. The first-order valence-electron chi connectivity index (χ1n) is 5.41. The molecule has 0 aliphatic rings. The molecule has 0 fully saturated rings. The molecule has 0 saturated heterocycles. The fraction of sp³-hybridized carbons (Fsp3) is 0.500. The van der Waals surface area contributed by atoms with E-state index in [1.807, 2.05) is 6.07 Å². The largest absolute Gasteiger partial charge is 0.327 e. The van der Waals surface area contributed by atoms with Gasteiger partial charge in [0.2, 0.25) is 0 Å². The highest BCUT2D eigenvalue weighted by molar-refractivity contribution is 5.42. The summed E-state index contributed by atoms with van der Waals surface area (Å²) in [6.07, 6.45) is 0.760. The minimum absolute atomic E-state index is 0.0980. The molecule has 0 radical (unpaired) electrons. The van der Waals surface area contributed by atoms with E-state index in [1.54, 1.807) is 19.1 Å². The Morgan fingerprint density at radius 1 is 1.44 bits per heavy atom. The summed E-state index contributed by atoms with van der Waals surface area (Å²) in [5, 5.41) is 10.6. The van der Waals surface area contributed by atoms with Crippen molar-refractivity contribution in [1.82, 2.24) is 0 Å². The molecule has 0 bridgehead atoms. The third-order valence-electron chi connectivity index (χ3n) is 2.79. The predicted octanol–water partition coefficient (Wildman–Crippen LogP) is 2.43. The molecule has 0 aliphatic carbocycles. The third-order valence-corrected chi connectivity index (χ3v) is 2.79. The van der Waals surface area contributed by atoms with Crippen molar-refractivity contribution in [3.05, 3.63) is 39.4 Å². The van der Waals surface area contributed by atoms with Crippen LogP contribution in [-0.2, 0) is 6.42 Å². The van der Waals surface area contributed by atoms with Gasteiger partial charge in [0.1, 0.15) is 0 Å². The Labute approximate surface area is 95.6 Å². The van der Waals surface area contributed by atoms with E-state index in [9.17, 15) is 10.1 Å². The molecule has 1 unspecified atom stereocenters. The van der Waals surface area contributed by atoms with Crippen LogP contribution in [0.4, 0.5) is 5.69 Å². The first kappa shape index (κ1) is 12.6. The Bertz CT molecular complexity index is 389. The highest BCUT2D eigenvalue weighted by Crippen LogP contribution is 2.20. The van der Waals surface area contributed by atoms with Crippen molar-refractivity contribution in [2.24, 2.45) is 11.7 Å². The Morgan fingerprint density at radius 3 is 2.50 bits per heavy atom. The molecule has 0 saturated carbocycles. The van der Waals surface area contributed by atoms with Gasteiger partial charge >= 0.3 is 0 Å². The highest BCUT2D eigenvalue weighted by Gasteiger charge is 2.13. The number of benzene rings is 1. The normalized spacial score (nSPS) is 12.8. The van der Waals surface area contributed by atoms with E-state index >= 15 is 0 Å². The third kappa shape index (κ3) is 3.03. The van der Waals surface area contributed by atoms with Crippen LogP contribution in [0.5, 0.6) is 0 Å². The van der Waals surface area contributed by atoms with E-state index in [-0.39, 0.29) is 16.7 Å². The van der Waals surface area contributed by atoms with Gasteiger partial charge in [0.15, 0.2) is 0 Å². The lowest BCUT2D eigenvalue weighted by atomic mass is 9.96. The highest BCUT2D eigenvalue weighted by atomic mass is 16.6. The number of nitro benzene ring substituents is 1. The summed E-state index contributed by atoms with van der Waals surface area (Å²) in [5.41, 5.74) is 7.88. The van der Waals surface area contributed by atoms with Gasteiger partial charge in [-0.05, 0) is 30.9 Å². The maximum atomic E-state index is 10.6. The molecule has 0 amide bonds. The zero-order valence-corrected chi connectivity index (χ0v) is 9.93. The van der Waals surface area contributed by atoms with Crippen molar-refractivity contribution in [2.75, 3.05) is 0 Å². The zero-order valence-electron chi connectivity index (χ0n) is 9.93. The van der Waals surface area contributed by atoms with Gasteiger partial charge in [-0.15, -0.1) is 0 Å². The molecule has 16 heavy (non-hydrogen) atoms. The fourth-order valence-corrected chi connectivity index (χ4v) is 1.56. The lowest BCUT2D eigenvalue weighted by Gasteiger charge is -2.15. The van der Waals surface area contributed by atoms with E-state index in [0.29, 0.717) is 11.5 Å². The van der Waals surface area contributed by atoms with E-state index in [2.05, 4.69) is 13.8 Å². The standard InChI is InChI=1S/C12H18N2O2/c1-8(2)11(13)7-10-4-5-12(14(15)16)9(3)6-10/h4-6,8,11H,7,13H2,1-3H3. The van der Waals surface area contributed by atoms with Crippen LogP contribution in [0.2, 0.25) is 0 Å². The second-order valence-electron chi connectivity index (χ2n) is 4.49. The summed E-state index contributed by atoms with van der Waals surface area (Å²) in [4.78, 5) is 10.3. The van der Waals surface area contributed by atoms with Crippen molar-refractivity contribution >= 4 is 5.69 Å². The lowest BCUT2D eigenvalue weighted by Crippen LogP contribution is -2.28. The first-order chi connectivity index (χ1) is 7.41. The summed E-state index contributed by atoms with van der Waals surface area (Å²) < 4.78 is 0. The van der Waals surface area contributed by atoms with Gasteiger partial charge in [-0.2, -0.15) is 0 Å². The average molecular weight is 222 g/mol. The van der Waals surface area contributed by atoms with Gasteiger partial charge in [0.25, 0.3) is 5.69 Å². The molecule has 88 valence electrons. The summed E-state index contributed by atoms with van der Waals surface area (Å²) in [6, 6.07) is 5.28. The number of aryl methyl sites for hydroxylation is 1. The van der Waals surface area contributed by atoms with Gasteiger partial charge in [-0.25, -0.2) is 0 Å². The van der Waals surface area contributed by atoms with E-state index in [4.69, 9.17) is 5.73 Å². The molecule has 0 heterocycles. The van der Waals surface area contributed by atoms with Crippen LogP contribution in [-0.4, -0.2) is 11.0 Å². The maximum Gasteiger partial charge on any atom is 0.272 e. The zero-order chi connectivity index (χ0) is 12.3. The lowest BCUT2D eigenvalue weighted by molar-refractivity contribution is -0.385. The molecule has 1 aromatic carbocycles. The van der Waals surface area contributed by atoms with Crippen LogP contribution in [0, 0.1) is 23.0 Å². The van der Waals surface area contributed by atoms with Crippen LogP contribution in [0.25, 0.3) is 0 Å². The Balaban J connectivity index is 2.85. The fourth-order valence-electron chi connectivity index (χ4n) is 1.56. The Kier molecular flexibility index (Phi) is 4.01. The van der Waals surface area contributed by atoms with E-state index in [0.717, 1.165) is 12.0 Å². The van der Waals surface area contributed by atoms with Gasteiger partial charge in [-0.3, -0.25) is 10.1 Å². The van der Waals surface area contributed by atoms with Crippen molar-refractivity contribution in [2.45, 2.75) is 33.2 Å². The minimum Gasteiger partial charge on any atom is -0.327 e. The monoisotopic (exact) mass is 222 g/mol. The molecule has 0 spiro atoms. The number of nitrogens with zero attached hydrogens (tertiary/aromatic N) is 1. The molecule has 2 N–H and O–H groups in total. The number of nitro groups is 1. The summed E-state index contributed by atoms with van der Waals surface area (Å²) >= 11 is 0. The number of rotatable bonds is 4. The molecule has 1 aromatic rings. The molecule has 4 nitrogen and oxygen atoms in total. The number of hydrogen-bond donors (Lipinski definition) is 1. The van der Waals surface area contributed by atoms with E-state index in [1.165, 1.54) is 0 Å². The van der Waals surface area contributed by atoms with Gasteiger partial charge in [0, 0.05) is 17.7 Å². The molecular formula is C12H18N2O2. The molecule has 1 rings (SSSR count). The predicted molar refractivity (Wildman–Crippen MR) is 64.4 cm³/mol. The molecule has 1 atom stereocenters. The van der Waals surface area contributed by atoms with Gasteiger partial charge in [-0.1, -0.05) is 19.9 Å². The topological polar surface area (TPSA) is 69.2 Å². The quantitative estimate of drug-likeness (QED) is 0.628. The van der Waals surface area contributed by atoms with Crippen molar-refractivity contribution in [3.63, 3.8) is 0 Å². The summed E-state index contributed by atoms with van der Waals surface area (Å²) in [6.45, 7) is 5.90. The summed E-state index contributed by atoms with van der Waals surface area (Å²) in [5.74, 6) is 0.412. The Hall–Kier alpha value is -1.42. The SMILES string of the molecule is Cc1cc(CC(N)C(C)C)ccc1[N+](=O)[O-].